The molecule has 0 aliphatic heterocycles. The molecule has 0 bridgehead atoms. The van der Waals surface area contributed by atoms with E-state index < -0.39 is 11.9 Å². The first-order chi connectivity index (χ1) is 8.10. The Balaban J connectivity index is 2.77. The zero-order chi connectivity index (χ0) is 12.8. The molecule has 0 aliphatic rings. The van der Waals surface area contributed by atoms with Gasteiger partial charge in [0.25, 0.3) is 0 Å². The van der Waals surface area contributed by atoms with Gasteiger partial charge in [-0.25, -0.2) is 0 Å². The van der Waals surface area contributed by atoms with E-state index in [-0.39, 0.29) is 12.4 Å². The van der Waals surface area contributed by atoms with Gasteiger partial charge in [0, 0.05) is 5.56 Å². The maximum Gasteiger partial charge on any atom is 0.316 e. The predicted octanol–water partition coefficient (Wildman–Crippen LogP) is 2.08. The topological polar surface area (TPSA) is 52.6 Å². The number of benzene rings is 1. The van der Waals surface area contributed by atoms with E-state index in [1.54, 1.807) is 45.2 Å². The van der Waals surface area contributed by atoms with Crippen LogP contribution >= 0.6 is 0 Å². The number of ketones is 1. The van der Waals surface area contributed by atoms with E-state index in [9.17, 15) is 9.59 Å². The highest BCUT2D eigenvalue weighted by atomic mass is 16.5. The predicted molar refractivity (Wildman–Crippen MR) is 63.1 cm³/mol. The Bertz CT molecular complexity index is 394. The fourth-order valence-corrected chi connectivity index (χ4v) is 1.38. The lowest BCUT2D eigenvalue weighted by Gasteiger charge is -2.09. The van der Waals surface area contributed by atoms with E-state index in [1.165, 1.54) is 0 Å². The lowest BCUT2D eigenvalue weighted by Crippen LogP contribution is -2.23. The van der Waals surface area contributed by atoms with Crippen molar-refractivity contribution in [3.05, 3.63) is 29.8 Å². The van der Waals surface area contributed by atoms with Crippen molar-refractivity contribution in [2.45, 2.75) is 13.8 Å². The van der Waals surface area contributed by atoms with Crippen LogP contribution in [-0.4, -0.2) is 25.5 Å². The van der Waals surface area contributed by atoms with Gasteiger partial charge in [-0.3, -0.25) is 9.59 Å². The average Bonchev–Trinajstić information content (AvgIpc) is 2.37. The molecule has 1 atom stereocenters. The maximum atomic E-state index is 11.9. The molecule has 0 aromatic heterocycles. The molecule has 0 spiro atoms. The summed E-state index contributed by atoms with van der Waals surface area (Å²) in [5, 5.41) is 0. The van der Waals surface area contributed by atoms with Crippen LogP contribution in [0.2, 0.25) is 0 Å². The second kappa shape index (κ2) is 6.03. The summed E-state index contributed by atoms with van der Waals surface area (Å²) in [6, 6.07) is 6.64. The van der Waals surface area contributed by atoms with Crippen LogP contribution in [-0.2, 0) is 9.53 Å². The highest BCUT2D eigenvalue weighted by molar-refractivity contribution is 6.08. The third-order valence-corrected chi connectivity index (χ3v) is 2.41. The Morgan fingerprint density at radius 3 is 2.29 bits per heavy atom. The lowest BCUT2D eigenvalue weighted by molar-refractivity contribution is -0.145. The molecule has 0 fully saturated rings. The lowest BCUT2D eigenvalue weighted by atomic mass is 9.99. The number of esters is 1. The third-order valence-electron chi connectivity index (χ3n) is 2.41. The number of hydrogen-bond donors (Lipinski definition) is 0. The van der Waals surface area contributed by atoms with Gasteiger partial charge in [-0.05, 0) is 38.1 Å². The molecule has 1 aromatic carbocycles. The SMILES string of the molecule is CCOC(=O)C(C)C(=O)c1ccc(OC)cc1. The van der Waals surface area contributed by atoms with Crippen molar-refractivity contribution in [3.8, 4) is 5.75 Å². The average molecular weight is 236 g/mol. The van der Waals surface area contributed by atoms with Gasteiger partial charge in [-0.1, -0.05) is 0 Å². The van der Waals surface area contributed by atoms with Crippen LogP contribution in [0.5, 0.6) is 5.75 Å². The Hall–Kier alpha value is -1.84. The van der Waals surface area contributed by atoms with Gasteiger partial charge in [0.15, 0.2) is 5.78 Å². The van der Waals surface area contributed by atoms with Crippen LogP contribution in [0, 0.1) is 5.92 Å². The van der Waals surface area contributed by atoms with Crippen molar-refractivity contribution in [2.75, 3.05) is 13.7 Å². The summed E-state index contributed by atoms with van der Waals surface area (Å²) >= 11 is 0. The van der Waals surface area contributed by atoms with Gasteiger partial charge in [0.2, 0.25) is 0 Å². The first-order valence-corrected chi connectivity index (χ1v) is 5.45. The van der Waals surface area contributed by atoms with E-state index in [0.29, 0.717) is 11.3 Å². The highest BCUT2D eigenvalue weighted by Crippen LogP contribution is 2.15. The Morgan fingerprint density at radius 1 is 1.24 bits per heavy atom. The number of methoxy groups -OCH3 is 1. The number of hydrogen-bond acceptors (Lipinski definition) is 4. The molecule has 1 rings (SSSR count). The minimum absolute atomic E-state index is 0.244. The van der Waals surface area contributed by atoms with E-state index >= 15 is 0 Å². The van der Waals surface area contributed by atoms with Crippen LogP contribution in [0.4, 0.5) is 0 Å². The zero-order valence-corrected chi connectivity index (χ0v) is 10.2. The first kappa shape index (κ1) is 13.2. The highest BCUT2D eigenvalue weighted by Gasteiger charge is 2.23. The Labute approximate surface area is 101 Å². The molecule has 0 saturated carbocycles. The summed E-state index contributed by atoms with van der Waals surface area (Å²) in [5.41, 5.74) is 0.478. The largest absolute Gasteiger partial charge is 0.497 e. The molecule has 0 amide bonds. The molecule has 0 heterocycles. The van der Waals surface area contributed by atoms with Gasteiger partial charge in [0.05, 0.1) is 13.7 Å². The van der Waals surface area contributed by atoms with Gasteiger partial charge in [-0.2, -0.15) is 0 Å². The van der Waals surface area contributed by atoms with E-state index in [1.807, 2.05) is 0 Å². The smallest absolute Gasteiger partial charge is 0.316 e. The molecule has 0 saturated heterocycles. The van der Waals surface area contributed by atoms with Crippen LogP contribution in [0.15, 0.2) is 24.3 Å². The first-order valence-electron chi connectivity index (χ1n) is 5.45. The summed E-state index contributed by atoms with van der Waals surface area (Å²) < 4.78 is 9.80. The van der Waals surface area contributed by atoms with Gasteiger partial charge in [-0.15, -0.1) is 0 Å². The minimum Gasteiger partial charge on any atom is -0.497 e. The molecule has 0 radical (unpaired) electrons. The number of rotatable bonds is 5. The molecule has 1 unspecified atom stereocenters. The summed E-state index contributed by atoms with van der Waals surface area (Å²) in [7, 11) is 1.55. The molecule has 4 nitrogen and oxygen atoms in total. The molecular weight excluding hydrogens is 220 g/mol. The van der Waals surface area contributed by atoms with Crippen LogP contribution in [0.1, 0.15) is 24.2 Å². The standard InChI is InChI=1S/C13H16O4/c1-4-17-13(15)9(2)12(14)10-5-7-11(16-3)8-6-10/h5-9H,4H2,1-3H3. The number of carbonyl (C=O) groups is 2. The van der Waals surface area contributed by atoms with Crippen LogP contribution < -0.4 is 4.74 Å². The minimum atomic E-state index is -0.775. The van der Waals surface area contributed by atoms with Gasteiger partial charge < -0.3 is 9.47 Å². The van der Waals surface area contributed by atoms with E-state index in [4.69, 9.17) is 9.47 Å². The van der Waals surface area contributed by atoms with Crippen LogP contribution in [0.25, 0.3) is 0 Å². The van der Waals surface area contributed by atoms with E-state index in [0.717, 1.165) is 0 Å². The number of carbonyl (C=O) groups excluding carboxylic acids is 2. The fourth-order valence-electron chi connectivity index (χ4n) is 1.38. The van der Waals surface area contributed by atoms with Crippen molar-refractivity contribution in [1.29, 1.82) is 0 Å². The van der Waals surface area contributed by atoms with Crippen molar-refractivity contribution in [1.82, 2.24) is 0 Å². The zero-order valence-electron chi connectivity index (χ0n) is 10.2. The fraction of sp³-hybridized carbons (Fsp3) is 0.385. The van der Waals surface area contributed by atoms with Crippen molar-refractivity contribution >= 4 is 11.8 Å². The summed E-state index contributed by atoms with van der Waals surface area (Å²) in [6.07, 6.45) is 0. The molecule has 92 valence electrons. The van der Waals surface area contributed by atoms with Gasteiger partial charge >= 0.3 is 5.97 Å². The second-order valence-electron chi connectivity index (χ2n) is 3.57. The Kier molecular flexibility index (Phi) is 4.69. The molecule has 0 aliphatic carbocycles. The Morgan fingerprint density at radius 2 is 1.82 bits per heavy atom. The number of Topliss-reactive ketones (excluding diaryl/α,β-unsaturated/α-hetero) is 1. The molecule has 0 N–H and O–H groups in total. The van der Waals surface area contributed by atoms with Gasteiger partial charge in [0.1, 0.15) is 11.7 Å². The van der Waals surface area contributed by atoms with Crippen LogP contribution in [0.3, 0.4) is 0 Å². The molecule has 17 heavy (non-hydrogen) atoms. The van der Waals surface area contributed by atoms with Crippen molar-refractivity contribution in [3.63, 3.8) is 0 Å². The maximum absolute atomic E-state index is 11.9. The quantitative estimate of drug-likeness (QED) is 0.446. The summed E-state index contributed by atoms with van der Waals surface area (Å²) in [4.78, 5) is 23.3. The summed E-state index contributed by atoms with van der Waals surface area (Å²) in [5.74, 6) is -0.840. The molecule has 1 aromatic rings. The second-order valence-corrected chi connectivity index (χ2v) is 3.57. The van der Waals surface area contributed by atoms with E-state index in [2.05, 4.69) is 0 Å². The van der Waals surface area contributed by atoms with Crippen molar-refractivity contribution < 1.29 is 19.1 Å². The monoisotopic (exact) mass is 236 g/mol. The molecular formula is C13H16O4. The molecule has 4 heteroatoms. The number of ether oxygens (including phenoxy) is 2. The van der Waals surface area contributed by atoms with Crippen molar-refractivity contribution in [2.24, 2.45) is 5.92 Å². The third kappa shape index (κ3) is 3.31. The summed E-state index contributed by atoms with van der Waals surface area (Å²) in [6.45, 7) is 3.53. The normalized spacial score (nSPS) is 11.7.